The standard InChI is InChI=1S/C14H17ClN2O2/c1-19-13-4-2-3-12(15)11(13)8-17-14(18)9-5-6-10(16)7-9/h2-6,9-10H,7-8,16H2,1H3,(H,17,18). The number of ether oxygens (including phenoxy) is 1. The predicted octanol–water partition coefficient (Wildman–Crippen LogP) is 1.87. The van der Waals surface area contributed by atoms with Crippen molar-refractivity contribution in [2.75, 3.05) is 7.11 Å². The van der Waals surface area contributed by atoms with Gasteiger partial charge in [-0.25, -0.2) is 0 Å². The number of rotatable bonds is 4. The van der Waals surface area contributed by atoms with E-state index in [1.165, 1.54) is 0 Å². The molecule has 2 atom stereocenters. The van der Waals surface area contributed by atoms with Crippen molar-refractivity contribution in [1.82, 2.24) is 5.32 Å². The van der Waals surface area contributed by atoms with Crippen LogP contribution in [0.2, 0.25) is 5.02 Å². The molecule has 0 saturated carbocycles. The summed E-state index contributed by atoms with van der Waals surface area (Å²) < 4.78 is 5.23. The minimum absolute atomic E-state index is 0.0226. The summed E-state index contributed by atoms with van der Waals surface area (Å²) >= 11 is 6.11. The highest BCUT2D eigenvalue weighted by Crippen LogP contribution is 2.26. The van der Waals surface area contributed by atoms with Crippen LogP contribution in [0.5, 0.6) is 5.75 Å². The van der Waals surface area contributed by atoms with E-state index in [1.807, 2.05) is 24.3 Å². The monoisotopic (exact) mass is 280 g/mol. The Balaban J connectivity index is 1.99. The maximum Gasteiger partial charge on any atom is 0.227 e. The van der Waals surface area contributed by atoms with E-state index in [4.69, 9.17) is 22.1 Å². The normalized spacial score (nSPS) is 21.4. The SMILES string of the molecule is COc1cccc(Cl)c1CNC(=O)C1C=CC(N)C1. The summed E-state index contributed by atoms with van der Waals surface area (Å²) in [6.07, 6.45) is 4.37. The molecule has 0 saturated heterocycles. The molecule has 2 rings (SSSR count). The van der Waals surface area contributed by atoms with Crippen molar-refractivity contribution in [2.24, 2.45) is 11.7 Å². The van der Waals surface area contributed by atoms with Crippen LogP contribution < -0.4 is 15.8 Å². The summed E-state index contributed by atoms with van der Waals surface area (Å²) in [5, 5.41) is 3.45. The van der Waals surface area contributed by atoms with Gasteiger partial charge in [-0.1, -0.05) is 29.8 Å². The Labute approximate surface area is 117 Å². The quantitative estimate of drug-likeness (QED) is 0.828. The Bertz CT molecular complexity index is 502. The van der Waals surface area contributed by atoms with Crippen LogP contribution in [0, 0.1) is 5.92 Å². The molecule has 0 aliphatic heterocycles. The first-order chi connectivity index (χ1) is 9.11. The number of carbonyl (C=O) groups is 1. The van der Waals surface area contributed by atoms with Crippen molar-refractivity contribution in [1.29, 1.82) is 0 Å². The number of methoxy groups -OCH3 is 1. The van der Waals surface area contributed by atoms with Crippen molar-refractivity contribution in [2.45, 2.75) is 19.0 Å². The fourth-order valence-corrected chi connectivity index (χ4v) is 2.36. The number of hydrogen-bond donors (Lipinski definition) is 2. The number of hydrogen-bond acceptors (Lipinski definition) is 3. The van der Waals surface area contributed by atoms with Gasteiger partial charge < -0.3 is 15.8 Å². The third kappa shape index (κ3) is 3.28. The van der Waals surface area contributed by atoms with Crippen LogP contribution in [0.3, 0.4) is 0 Å². The zero-order valence-electron chi connectivity index (χ0n) is 10.7. The van der Waals surface area contributed by atoms with Crippen LogP contribution in [0.4, 0.5) is 0 Å². The summed E-state index contributed by atoms with van der Waals surface area (Å²) in [4.78, 5) is 12.0. The minimum atomic E-state index is -0.150. The smallest absolute Gasteiger partial charge is 0.227 e. The second kappa shape index (κ2) is 6.08. The van der Waals surface area contributed by atoms with Crippen molar-refractivity contribution in [3.05, 3.63) is 40.9 Å². The lowest BCUT2D eigenvalue weighted by Crippen LogP contribution is -2.30. The van der Waals surface area contributed by atoms with E-state index in [9.17, 15) is 4.79 Å². The van der Waals surface area contributed by atoms with Gasteiger partial charge in [0, 0.05) is 23.2 Å². The fourth-order valence-electron chi connectivity index (χ4n) is 2.13. The lowest BCUT2D eigenvalue weighted by molar-refractivity contribution is -0.123. The summed E-state index contributed by atoms with van der Waals surface area (Å²) in [5.74, 6) is 0.487. The first-order valence-electron chi connectivity index (χ1n) is 6.15. The number of nitrogens with two attached hydrogens (primary N) is 1. The van der Waals surface area contributed by atoms with Gasteiger partial charge in [0.1, 0.15) is 5.75 Å². The molecule has 3 N–H and O–H groups in total. The highest BCUT2D eigenvalue weighted by Gasteiger charge is 2.22. The molecule has 1 aliphatic rings. The number of nitrogens with one attached hydrogen (secondary N) is 1. The number of halogens is 1. The number of benzene rings is 1. The number of amides is 1. The van der Waals surface area contributed by atoms with Crippen molar-refractivity contribution < 1.29 is 9.53 Å². The molecule has 0 spiro atoms. The first-order valence-corrected chi connectivity index (χ1v) is 6.52. The molecule has 102 valence electrons. The van der Waals surface area contributed by atoms with Crippen LogP contribution in [-0.2, 0) is 11.3 Å². The Hall–Kier alpha value is -1.52. The molecule has 4 nitrogen and oxygen atoms in total. The molecule has 0 bridgehead atoms. The third-order valence-corrected chi connectivity index (χ3v) is 3.54. The maximum absolute atomic E-state index is 12.0. The van der Waals surface area contributed by atoms with Gasteiger partial charge in [0.05, 0.1) is 13.0 Å². The second-order valence-corrected chi connectivity index (χ2v) is 4.94. The van der Waals surface area contributed by atoms with Gasteiger partial charge in [0.15, 0.2) is 0 Å². The molecule has 1 aromatic carbocycles. The van der Waals surface area contributed by atoms with Crippen LogP contribution >= 0.6 is 11.6 Å². The summed E-state index contributed by atoms with van der Waals surface area (Å²) in [6.45, 7) is 0.348. The van der Waals surface area contributed by atoms with Gasteiger partial charge in [0.2, 0.25) is 5.91 Å². The average molecular weight is 281 g/mol. The molecular formula is C14H17ClN2O2. The topological polar surface area (TPSA) is 64.3 Å². The second-order valence-electron chi connectivity index (χ2n) is 4.53. The Kier molecular flexibility index (Phi) is 4.45. The van der Waals surface area contributed by atoms with Gasteiger partial charge in [-0.3, -0.25) is 4.79 Å². The van der Waals surface area contributed by atoms with E-state index < -0.39 is 0 Å². The molecule has 0 fully saturated rings. The van der Waals surface area contributed by atoms with Crippen molar-refractivity contribution >= 4 is 17.5 Å². The van der Waals surface area contributed by atoms with E-state index >= 15 is 0 Å². The van der Waals surface area contributed by atoms with Crippen LogP contribution in [-0.4, -0.2) is 19.1 Å². The van der Waals surface area contributed by atoms with E-state index in [0.717, 1.165) is 5.56 Å². The minimum Gasteiger partial charge on any atom is -0.496 e. The molecule has 0 aromatic heterocycles. The summed E-state index contributed by atoms with van der Waals surface area (Å²) in [5.41, 5.74) is 6.52. The molecule has 0 radical (unpaired) electrons. The average Bonchev–Trinajstić information content (AvgIpc) is 2.83. The number of carbonyl (C=O) groups excluding carboxylic acids is 1. The fraction of sp³-hybridized carbons (Fsp3) is 0.357. The van der Waals surface area contributed by atoms with E-state index in [-0.39, 0.29) is 17.9 Å². The summed E-state index contributed by atoms with van der Waals surface area (Å²) in [7, 11) is 1.58. The zero-order valence-corrected chi connectivity index (χ0v) is 11.5. The zero-order chi connectivity index (χ0) is 13.8. The lowest BCUT2D eigenvalue weighted by atomic mass is 10.1. The predicted molar refractivity (Wildman–Crippen MR) is 75.1 cm³/mol. The highest BCUT2D eigenvalue weighted by molar-refractivity contribution is 6.31. The van der Waals surface area contributed by atoms with Gasteiger partial charge in [0.25, 0.3) is 0 Å². The molecule has 2 unspecified atom stereocenters. The maximum atomic E-state index is 12.0. The van der Waals surface area contributed by atoms with Crippen LogP contribution in [0.15, 0.2) is 30.4 Å². The summed E-state index contributed by atoms with van der Waals surface area (Å²) in [6, 6.07) is 5.38. The molecule has 0 heterocycles. The third-order valence-electron chi connectivity index (χ3n) is 3.19. The van der Waals surface area contributed by atoms with Crippen molar-refractivity contribution in [3.8, 4) is 5.75 Å². The van der Waals surface area contributed by atoms with Crippen LogP contribution in [0.1, 0.15) is 12.0 Å². The van der Waals surface area contributed by atoms with Gasteiger partial charge >= 0.3 is 0 Å². The van der Waals surface area contributed by atoms with Gasteiger partial charge in [-0.2, -0.15) is 0 Å². The molecule has 19 heavy (non-hydrogen) atoms. The van der Waals surface area contributed by atoms with Gasteiger partial charge in [-0.15, -0.1) is 0 Å². The Morgan fingerprint density at radius 2 is 2.32 bits per heavy atom. The van der Waals surface area contributed by atoms with E-state index in [0.29, 0.717) is 23.7 Å². The van der Waals surface area contributed by atoms with Gasteiger partial charge in [-0.05, 0) is 18.6 Å². The van der Waals surface area contributed by atoms with E-state index in [2.05, 4.69) is 5.32 Å². The molecule has 5 heteroatoms. The molecular weight excluding hydrogens is 264 g/mol. The first kappa shape index (κ1) is 13.9. The largest absolute Gasteiger partial charge is 0.496 e. The lowest BCUT2D eigenvalue weighted by Gasteiger charge is -2.13. The molecule has 1 aliphatic carbocycles. The Morgan fingerprint density at radius 3 is 2.95 bits per heavy atom. The molecule has 1 amide bonds. The highest BCUT2D eigenvalue weighted by atomic mass is 35.5. The van der Waals surface area contributed by atoms with Crippen LogP contribution in [0.25, 0.3) is 0 Å². The van der Waals surface area contributed by atoms with Crippen molar-refractivity contribution in [3.63, 3.8) is 0 Å². The Morgan fingerprint density at radius 1 is 1.53 bits per heavy atom. The molecule has 1 aromatic rings. The van der Waals surface area contributed by atoms with E-state index in [1.54, 1.807) is 13.2 Å².